The van der Waals surface area contributed by atoms with Gasteiger partial charge in [0.1, 0.15) is 0 Å². The number of para-hydroxylation sites is 1. The lowest BCUT2D eigenvalue weighted by molar-refractivity contribution is -0.114. The first kappa shape index (κ1) is 19.3. The van der Waals surface area contributed by atoms with Crippen LogP contribution in [0.5, 0.6) is 0 Å². The van der Waals surface area contributed by atoms with Gasteiger partial charge in [-0.25, -0.2) is 9.97 Å². The molecule has 0 unspecified atom stereocenters. The summed E-state index contributed by atoms with van der Waals surface area (Å²) >= 11 is 0. The molecule has 0 saturated heterocycles. The Morgan fingerprint density at radius 3 is 1.87 bits per heavy atom. The van der Waals surface area contributed by atoms with E-state index in [0.29, 0.717) is 0 Å². The van der Waals surface area contributed by atoms with Crippen LogP contribution in [-0.4, -0.2) is 22.4 Å². The van der Waals surface area contributed by atoms with Crippen molar-refractivity contribution in [3.8, 4) is 22.5 Å². The molecule has 0 bridgehead atoms. The molecule has 5 heteroatoms. The van der Waals surface area contributed by atoms with Crippen molar-refractivity contribution in [3.63, 3.8) is 0 Å². The number of amides is 1. The fourth-order valence-electron chi connectivity index (χ4n) is 3.13. The molecule has 0 spiro atoms. The summed E-state index contributed by atoms with van der Waals surface area (Å²) in [6, 6.07) is 29.5. The molecule has 30 heavy (non-hydrogen) atoms. The van der Waals surface area contributed by atoms with Crippen LogP contribution in [0.2, 0.25) is 0 Å². The first-order chi connectivity index (χ1) is 14.7. The fraction of sp³-hybridized carbons (Fsp3) is 0.0800. The molecule has 0 fully saturated rings. The van der Waals surface area contributed by atoms with Gasteiger partial charge in [-0.3, -0.25) is 10.1 Å². The lowest BCUT2D eigenvalue weighted by Gasteiger charge is -2.11. The second-order valence-electron chi connectivity index (χ2n) is 6.91. The van der Waals surface area contributed by atoms with Crippen molar-refractivity contribution < 1.29 is 4.79 Å². The van der Waals surface area contributed by atoms with Gasteiger partial charge in [-0.2, -0.15) is 0 Å². The van der Waals surface area contributed by atoms with E-state index in [-0.39, 0.29) is 18.4 Å². The zero-order chi connectivity index (χ0) is 20.8. The van der Waals surface area contributed by atoms with E-state index in [2.05, 4.69) is 20.6 Å². The quantitative estimate of drug-likeness (QED) is 0.473. The van der Waals surface area contributed by atoms with Gasteiger partial charge in [-0.1, -0.05) is 78.9 Å². The fourth-order valence-corrected chi connectivity index (χ4v) is 3.13. The average Bonchev–Trinajstić information content (AvgIpc) is 2.79. The van der Waals surface area contributed by atoms with Crippen LogP contribution < -0.4 is 10.6 Å². The molecule has 0 atom stereocenters. The van der Waals surface area contributed by atoms with Gasteiger partial charge in [0.2, 0.25) is 11.9 Å². The van der Waals surface area contributed by atoms with E-state index in [0.717, 1.165) is 33.8 Å². The SMILES string of the molecule is Cc1ccccc1NCC(=O)Nc1nc(-c2ccccc2)cc(-c2ccccc2)n1. The average molecular weight is 394 g/mol. The Kier molecular flexibility index (Phi) is 5.80. The first-order valence-electron chi connectivity index (χ1n) is 9.78. The summed E-state index contributed by atoms with van der Waals surface area (Å²) in [4.78, 5) is 21.7. The molecule has 0 saturated carbocycles. The molecular weight excluding hydrogens is 372 g/mol. The maximum atomic E-state index is 12.5. The number of benzene rings is 3. The summed E-state index contributed by atoms with van der Waals surface area (Å²) in [5, 5.41) is 5.99. The van der Waals surface area contributed by atoms with Crippen LogP contribution in [0.15, 0.2) is 91.0 Å². The number of hydrogen-bond donors (Lipinski definition) is 2. The third kappa shape index (κ3) is 4.70. The molecule has 0 aliphatic carbocycles. The van der Waals surface area contributed by atoms with Gasteiger partial charge in [0.15, 0.2) is 0 Å². The van der Waals surface area contributed by atoms with Crippen molar-refractivity contribution in [1.29, 1.82) is 0 Å². The van der Waals surface area contributed by atoms with E-state index < -0.39 is 0 Å². The number of carbonyl (C=O) groups is 1. The molecule has 5 nitrogen and oxygen atoms in total. The molecule has 0 radical (unpaired) electrons. The second kappa shape index (κ2) is 9.01. The van der Waals surface area contributed by atoms with E-state index in [1.54, 1.807) is 0 Å². The number of nitrogens with zero attached hydrogens (tertiary/aromatic N) is 2. The molecule has 1 amide bonds. The number of nitrogens with one attached hydrogen (secondary N) is 2. The van der Waals surface area contributed by atoms with Crippen molar-refractivity contribution in [1.82, 2.24) is 9.97 Å². The summed E-state index contributed by atoms with van der Waals surface area (Å²) in [5.74, 6) is 0.0780. The summed E-state index contributed by atoms with van der Waals surface area (Å²) in [6.45, 7) is 2.13. The van der Waals surface area contributed by atoms with Crippen LogP contribution in [0.4, 0.5) is 11.6 Å². The molecule has 148 valence electrons. The number of aromatic nitrogens is 2. The predicted octanol–water partition coefficient (Wildman–Crippen LogP) is 5.17. The molecule has 3 aromatic carbocycles. The monoisotopic (exact) mass is 394 g/mol. The Labute approximate surface area is 175 Å². The lowest BCUT2D eigenvalue weighted by atomic mass is 10.1. The van der Waals surface area contributed by atoms with E-state index >= 15 is 0 Å². The zero-order valence-electron chi connectivity index (χ0n) is 16.7. The van der Waals surface area contributed by atoms with E-state index in [1.807, 2.05) is 97.9 Å². The van der Waals surface area contributed by atoms with Crippen molar-refractivity contribution in [2.24, 2.45) is 0 Å². The van der Waals surface area contributed by atoms with Gasteiger partial charge in [-0.05, 0) is 24.6 Å². The highest BCUT2D eigenvalue weighted by Gasteiger charge is 2.11. The Morgan fingerprint density at radius 2 is 1.30 bits per heavy atom. The van der Waals surface area contributed by atoms with Gasteiger partial charge in [0, 0.05) is 16.8 Å². The van der Waals surface area contributed by atoms with Crippen LogP contribution in [0.1, 0.15) is 5.56 Å². The second-order valence-corrected chi connectivity index (χ2v) is 6.91. The van der Waals surface area contributed by atoms with Crippen LogP contribution in [0.3, 0.4) is 0 Å². The number of rotatable bonds is 6. The van der Waals surface area contributed by atoms with Gasteiger partial charge < -0.3 is 5.32 Å². The third-order valence-electron chi connectivity index (χ3n) is 4.70. The normalized spacial score (nSPS) is 10.4. The molecule has 0 aliphatic rings. The maximum Gasteiger partial charge on any atom is 0.246 e. The zero-order valence-corrected chi connectivity index (χ0v) is 16.7. The van der Waals surface area contributed by atoms with Crippen molar-refractivity contribution in [2.75, 3.05) is 17.2 Å². The van der Waals surface area contributed by atoms with Crippen LogP contribution in [-0.2, 0) is 4.79 Å². The van der Waals surface area contributed by atoms with E-state index in [1.165, 1.54) is 0 Å². The van der Waals surface area contributed by atoms with Gasteiger partial charge in [0.25, 0.3) is 0 Å². The number of carbonyl (C=O) groups excluding carboxylic acids is 1. The molecule has 1 heterocycles. The summed E-state index contributed by atoms with van der Waals surface area (Å²) in [5.41, 5.74) is 5.45. The Bertz CT molecular complexity index is 1090. The minimum atomic E-state index is -0.206. The molecule has 1 aromatic heterocycles. The third-order valence-corrected chi connectivity index (χ3v) is 4.70. The Balaban J connectivity index is 1.59. The largest absolute Gasteiger partial charge is 0.376 e. The van der Waals surface area contributed by atoms with Crippen molar-refractivity contribution >= 4 is 17.5 Å². The minimum absolute atomic E-state index is 0.129. The van der Waals surface area contributed by atoms with Crippen LogP contribution in [0.25, 0.3) is 22.5 Å². The summed E-state index contributed by atoms with van der Waals surface area (Å²) in [7, 11) is 0. The highest BCUT2D eigenvalue weighted by molar-refractivity contribution is 5.92. The summed E-state index contributed by atoms with van der Waals surface area (Å²) < 4.78 is 0. The number of anilines is 2. The van der Waals surface area contributed by atoms with Crippen molar-refractivity contribution in [3.05, 3.63) is 96.6 Å². The van der Waals surface area contributed by atoms with Crippen molar-refractivity contribution in [2.45, 2.75) is 6.92 Å². The Hall–Kier alpha value is -3.99. The van der Waals surface area contributed by atoms with Crippen LogP contribution >= 0.6 is 0 Å². The first-order valence-corrected chi connectivity index (χ1v) is 9.78. The van der Waals surface area contributed by atoms with E-state index in [9.17, 15) is 4.79 Å². The lowest BCUT2D eigenvalue weighted by Crippen LogP contribution is -2.23. The highest BCUT2D eigenvalue weighted by atomic mass is 16.2. The standard InChI is InChI=1S/C25H22N4O/c1-18-10-8-9-15-21(18)26-17-24(30)29-25-27-22(19-11-4-2-5-12-19)16-23(28-25)20-13-6-3-7-14-20/h2-16,26H,17H2,1H3,(H,27,28,29,30). The number of hydrogen-bond acceptors (Lipinski definition) is 4. The minimum Gasteiger partial charge on any atom is -0.376 e. The number of aryl methyl sites for hydroxylation is 1. The topological polar surface area (TPSA) is 66.9 Å². The molecule has 2 N–H and O–H groups in total. The van der Waals surface area contributed by atoms with E-state index in [4.69, 9.17) is 0 Å². The molecule has 4 aromatic rings. The van der Waals surface area contributed by atoms with Gasteiger partial charge >= 0.3 is 0 Å². The molecule has 4 rings (SSSR count). The smallest absolute Gasteiger partial charge is 0.246 e. The predicted molar refractivity (Wildman–Crippen MR) is 121 cm³/mol. The molecular formula is C25H22N4O. The molecule has 0 aliphatic heterocycles. The summed E-state index contributed by atoms with van der Waals surface area (Å²) in [6.07, 6.45) is 0. The Morgan fingerprint density at radius 1 is 0.767 bits per heavy atom. The van der Waals surface area contributed by atoms with Crippen LogP contribution in [0, 0.1) is 6.92 Å². The maximum absolute atomic E-state index is 12.5. The van der Waals surface area contributed by atoms with Gasteiger partial charge in [0.05, 0.1) is 17.9 Å². The highest BCUT2D eigenvalue weighted by Crippen LogP contribution is 2.25. The van der Waals surface area contributed by atoms with Gasteiger partial charge in [-0.15, -0.1) is 0 Å².